The summed E-state index contributed by atoms with van der Waals surface area (Å²) in [5, 5.41) is 6.49. The number of halogens is 3. The molecule has 10 heteroatoms. The van der Waals surface area contributed by atoms with Crippen molar-refractivity contribution in [2.24, 2.45) is 4.99 Å². The zero-order chi connectivity index (χ0) is 23.9. The molecule has 3 heterocycles. The summed E-state index contributed by atoms with van der Waals surface area (Å²) in [6.07, 6.45) is -4.67. The van der Waals surface area contributed by atoms with E-state index in [1.165, 1.54) is 6.07 Å². The van der Waals surface area contributed by atoms with Gasteiger partial charge >= 0.3 is 6.18 Å². The molecule has 34 heavy (non-hydrogen) atoms. The Kier molecular flexibility index (Phi) is 5.60. The van der Waals surface area contributed by atoms with Gasteiger partial charge in [0.1, 0.15) is 0 Å². The number of aryl methyl sites for hydroxylation is 1. The molecule has 1 saturated heterocycles. The van der Waals surface area contributed by atoms with E-state index < -0.39 is 17.6 Å². The number of anilines is 2. The van der Waals surface area contributed by atoms with E-state index in [4.69, 9.17) is 9.26 Å². The smallest absolute Gasteiger partial charge is 0.378 e. The number of amides is 1. The van der Waals surface area contributed by atoms with Crippen LogP contribution in [0.25, 0.3) is 11.3 Å². The molecule has 1 aromatic heterocycles. The second-order valence-electron chi connectivity index (χ2n) is 8.18. The maximum atomic E-state index is 13.9. The van der Waals surface area contributed by atoms with Crippen molar-refractivity contribution in [3.05, 3.63) is 59.3 Å². The summed E-state index contributed by atoms with van der Waals surface area (Å²) in [5.41, 5.74) is 2.13. The number of hydrogen-bond donors (Lipinski definition) is 1. The molecule has 176 valence electrons. The summed E-state index contributed by atoms with van der Waals surface area (Å²) in [6.45, 7) is 3.17. The molecule has 0 atom stereocenters. The van der Waals surface area contributed by atoms with Crippen LogP contribution in [0.5, 0.6) is 0 Å². The van der Waals surface area contributed by atoms with Crippen molar-refractivity contribution in [1.82, 2.24) is 5.16 Å². The number of carbonyl (C=O) groups excluding carboxylic acids is 1. The summed E-state index contributed by atoms with van der Waals surface area (Å²) in [5.74, 6) is 0.133. The molecule has 1 fully saturated rings. The van der Waals surface area contributed by atoms with Crippen LogP contribution in [0.4, 0.5) is 30.2 Å². The normalized spacial score (nSPS) is 16.5. The van der Waals surface area contributed by atoms with Crippen molar-refractivity contribution in [1.29, 1.82) is 0 Å². The number of rotatable bonds is 3. The van der Waals surface area contributed by atoms with Crippen LogP contribution in [0, 0.1) is 6.92 Å². The lowest BCUT2D eigenvalue weighted by Gasteiger charge is -2.31. The maximum Gasteiger partial charge on any atom is 0.418 e. The summed E-state index contributed by atoms with van der Waals surface area (Å²) in [4.78, 5) is 18.9. The number of hydrogen-bond acceptors (Lipinski definition) is 6. The number of fused-ring (bicyclic) bond motifs is 1. The van der Waals surface area contributed by atoms with Gasteiger partial charge in [0.15, 0.2) is 5.76 Å². The third kappa shape index (κ3) is 4.41. The van der Waals surface area contributed by atoms with E-state index in [0.29, 0.717) is 43.3 Å². The lowest BCUT2D eigenvalue weighted by Crippen LogP contribution is -2.37. The van der Waals surface area contributed by atoms with Crippen molar-refractivity contribution < 1.29 is 27.2 Å². The predicted octanol–water partition coefficient (Wildman–Crippen LogP) is 4.97. The lowest BCUT2D eigenvalue weighted by molar-refractivity contribution is -0.137. The van der Waals surface area contributed by atoms with Gasteiger partial charge < -0.3 is 19.5 Å². The van der Waals surface area contributed by atoms with E-state index in [2.05, 4.69) is 15.5 Å². The van der Waals surface area contributed by atoms with Gasteiger partial charge in [-0.3, -0.25) is 9.79 Å². The van der Waals surface area contributed by atoms with E-state index >= 15 is 0 Å². The summed E-state index contributed by atoms with van der Waals surface area (Å²) in [6, 6.07) is 11.4. The van der Waals surface area contributed by atoms with E-state index in [1.54, 1.807) is 23.1 Å². The lowest BCUT2D eigenvalue weighted by atomic mass is 10.0. The highest BCUT2D eigenvalue weighted by molar-refractivity contribution is 6.17. The molecule has 0 unspecified atom stereocenters. The molecule has 2 aromatic carbocycles. The van der Waals surface area contributed by atoms with E-state index in [1.807, 2.05) is 19.1 Å². The fraction of sp³-hybridized carbons (Fsp3) is 0.292. The first-order chi connectivity index (χ1) is 16.3. The Balaban J connectivity index is 1.61. The topological polar surface area (TPSA) is 80.0 Å². The van der Waals surface area contributed by atoms with Gasteiger partial charge in [-0.15, -0.1) is 0 Å². The Morgan fingerprint density at radius 2 is 1.82 bits per heavy atom. The van der Waals surface area contributed by atoms with Crippen molar-refractivity contribution in [2.45, 2.75) is 19.5 Å². The van der Waals surface area contributed by atoms with Gasteiger partial charge in [-0.05, 0) is 30.7 Å². The number of morpholine rings is 1. The molecule has 5 rings (SSSR count). The van der Waals surface area contributed by atoms with Crippen molar-refractivity contribution in [2.75, 3.05) is 36.5 Å². The van der Waals surface area contributed by atoms with E-state index in [-0.39, 0.29) is 23.5 Å². The fourth-order valence-electron chi connectivity index (χ4n) is 4.11. The zero-order valence-corrected chi connectivity index (χ0v) is 18.3. The van der Waals surface area contributed by atoms with Gasteiger partial charge in [0, 0.05) is 24.7 Å². The highest BCUT2D eigenvalue weighted by Gasteiger charge is 2.37. The van der Waals surface area contributed by atoms with Crippen molar-refractivity contribution in [3.8, 4) is 11.3 Å². The largest absolute Gasteiger partial charge is 0.418 e. The molecule has 2 aliphatic heterocycles. The Morgan fingerprint density at radius 3 is 2.53 bits per heavy atom. The van der Waals surface area contributed by atoms with Gasteiger partial charge in [0.2, 0.25) is 5.91 Å². The van der Waals surface area contributed by atoms with Gasteiger partial charge in [-0.1, -0.05) is 23.4 Å². The van der Waals surface area contributed by atoms with Crippen LogP contribution < -0.4 is 10.2 Å². The molecular formula is C24H21F3N4O3. The first-order valence-corrected chi connectivity index (χ1v) is 10.8. The molecule has 2 aliphatic rings. The molecule has 0 aliphatic carbocycles. The van der Waals surface area contributed by atoms with Crippen LogP contribution in [0.2, 0.25) is 0 Å². The van der Waals surface area contributed by atoms with Crippen LogP contribution in [-0.2, 0) is 15.7 Å². The van der Waals surface area contributed by atoms with Crippen LogP contribution >= 0.6 is 0 Å². The molecule has 1 N–H and O–H groups in total. The molecular weight excluding hydrogens is 449 g/mol. The van der Waals surface area contributed by atoms with E-state index in [9.17, 15) is 18.0 Å². The van der Waals surface area contributed by atoms with Gasteiger partial charge in [-0.2, -0.15) is 13.2 Å². The Bertz CT molecular complexity index is 1280. The number of aromatic nitrogens is 1. The van der Waals surface area contributed by atoms with Gasteiger partial charge in [-0.25, -0.2) is 0 Å². The van der Waals surface area contributed by atoms with Gasteiger partial charge in [0.25, 0.3) is 0 Å². The van der Waals surface area contributed by atoms with Crippen LogP contribution in [0.3, 0.4) is 0 Å². The third-order valence-electron chi connectivity index (χ3n) is 5.74. The highest BCUT2D eigenvalue weighted by Crippen LogP contribution is 2.43. The second-order valence-corrected chi connectivity index (χ2v) is 8.18. The monoisotopic (exact) mass is 470 g/mol. The third-order valence-corrected chi connectivity index (χ3v) is 5.74. The van der Waals surface area contributed by atoms with Gasteiger partial charge in [0.05, 0.1) is 53.7 Å². The number of aliphatic imine (C=N–C) groups is 1. The van der Waals surface area contributed by atoms with Crippen molar-refractivity contribution >= 4 is 28.7 Å². The summed E-state index contributed by atoms with van der Waals surface area (Å²) < 4.78 is 52.3. The minimum atomic E-state index is -4.59. The summed E-state index contributed by atoms with van der Waals surface area (Å²) >= 11 is 0. The number of carbonyl (C=O) groups is 1. The first kappa shape index (κ1) is 22.1. The number of alkyl halides is 3. The predicted molar refractivity (Wildman–Crippen MR) is 121 cm³/mol. The quantitative estimate of drug-likeness (QED) is 0.585. The minimum Gasteiger partial charge on any atom is -0.378 e. The summed E-state index contributed by atoms with van der Waals surface area (Å²) in [7, 11) is 0. The number of nitrogens with zero attached hydrogens (tertiary/aromatic N) is 3. The Labute approximate surface area is 193 Å². The molecule has 1 amide bonds. The SMILES string of the molecule is Cc1cc(-c2cccc(C3=Nc4cc(N5CCOCC5)c(C(F)(F)F)cc4NC(=O)C3)c2)on1. The second kappa shape index (κ2) is 8.60. The van der Waals surface area contributed by atoms with E-state index in [0.717, 1.165) is 17.3 Å². The first-order valence-electron chi connectivity index (χ1n) is 10.8. The number of ether oxygens (including phenoxy) is 1. The molecule has 0 saturated carbocycles. The highest BCUT2D eigenvalue weighted by atomic mass is 19.4. The standard InChI is InChI=1S/C24H21F3N4O3/c1-14-9-22(34-30-14)16-4-2-3-15(10-16)18-13-23(32)29-19-11-17(24(25,26)27)21(12-20(19)28-18)31-5-7-33-8-6-31/h2-4,9-12H,5-8,13H2,1H3,(H,29,32). The molecule has 3 aromatic rings. The Morgan fingerprint density at radius 1 is 1.06 bits per heavy atom. The van der Waals surface area contributed by atoms with Crippen LogP contribution in [0.15, 0.2) is 52.0 Å². The minimum absolute atomic E-state index is 0.0275. The number of benzene rings is 2. The fourth-order valence-corrected chi connectivity index (χ4v) is 4.11. The average molecular weight is 470 g/mol. The van der Waals surface area contributed by atoms with Crippen molar-refractivity contribution in [3.63, 3.8) is 0 Å². The molecule has 0 spiro atoms. The Hall–Kier alpha value is -3.66. The number of nitrogens with one attached hydrogen (secondary N) is 1. The maximum absolute atomic E-state index is 13.9. The molecule has 0 radical (unpaired) electrons. The molecule has 0 bridgehead atoms. The molecule has 7 nitrogen and oxygen atoms in total. The average Bonchev–Trinajstić information content (AvgIpc) is 3.18. The van der Waals surface area contributed by atoms with Crippen LogP contribution in [0.1, 0.15) is 23.2 Å². The van der Waals surface area contributed by atoms with Crippen LogP contribution in [-0.4, -0.2) is 43.1 Å². The zero-order valence-electron chi connectivity index (χ0n) is 18.3.